The molecule has 0 heterocycles. The van der Waals surface area contributed by atoms with Gasteiger partial charge in [0, 0.05) is 7.05 Å². The van der Waals surface area contributed by atoms with Crippen LogP contribution in [0.5, 0.6) is 0 Å². The zero-order chi connectivity index (χ0) is 9.72. The fraction of sp³-hybridized carbons (Fsp3) is 0.333. The van der Waals surface area contributed by atoms with Gasteiger partial charge >= 0.3 is 5.97 Å². The third kappa shape index (κ3) is 3.09. The zero-order valence-corrected chi connectivity index (χ0v) is 6.29. The molecule has 6 heteroatoms. The van der Waals surface area contributed by atoms with E-state index >= 15 is 0 Å². The molecule has 0 aromatic heterocycles. The van der Waals surface area contributed by atoms with Crippen LogP contribution in [0.2, 0.25) is 0 Å². The van der Waals surface area contributed by atoms with Crippen molar-refractivity contribution < 1.29 is 18.7 Å². The minimum atomic E-state index is -2.81. The molecule has 0 saturated carbocycles. The molecule has 0 aliphatic rings. The Labute approximate surface area is 67.4 Å². The second-order valence-electron chi connectivity index (χ2n) is 1.85. The fourth-order valence-corrected chi connectivity index (χ4v) is 0.446. The second-order valence-corrected chi connectivity index (χ2v) is 1.85. The normalized spacial score (nSPS) is 13.7. The van der Waals surface area contributed by atoms with E-state index < -0.39 is 23.8 Å². The van der Waals surface area contributed by atoms with Gasteiger partial charge in [-0.15, -0.1) is 0 Å². The highest BCUT2D eigenvalue weighted by atomic mass is 19.3. The number of aliphatic imine (C=N–C) groups is 1. The molecule has 0 bridgehead atoms. The van der Waals surface area contributed by atoms with Crippen LogP contribution in [-0.2, 0) is 4.79 Å². The van der Waals surface area contributed by atoms with Gasteiger partial charge in [-0.3, -0.25) is 4.99 Å². The van der Waals surface area contributed by atoms with Crippen LogP contribution >= 0.6 is 0 Å². The first-order chi connectivity index (χ1) is 5.49. The average molecular weight is 178 g/mol. The molecule has 12 heavy (non-hydrogen) atoms. The Morgan fingerprint density at radius 2 is 2.17 bits per heavy atom. The fourth-order valence-electron chi connectivity index (χ4n) is 0.446. The first kappa shape index (κ1) is 10.5. The van der Waals surface area contributed by atoms with Gasteiger partial charge in [-0.05, 0) is 6.08 Å². The van der Waals surface area contributed by atoms with Crippen LogP contribution in [0, 0.1) is 0 Å². The van der Waals surface area contributed by atoms with E-state index in [0.717, 1.165) is 7.05 Å². The number of halogens is 2. The topological polar surface area (TPSA) is 75.7 Å². The highest BCUT2D eigenvalue weighted by Crippen LogP contribution is 1.99. The van der Waals surface area contributed by atoms with Gasteiger partial charge in [0.15, 0.2) is 0 Å². The van der Waals surface area contributed by atoms with E-state index in [4.69, 9.17) is 10.8 Å². The summed E-state index contributed by atoms with van der Waals surface area (Å²) in [5, 5.41) is 8.22. The molecule has 3 N–H and O–H groups in total. The van der Waals surface area contributed by atoms with E-state index in [1.165, 1.54) is 0 Å². The number of rotatable bonds is 3. The van der Waals surface area contributed by atoms with Crippen LogP contribution < -0.4 is 5.73 Å². The van der Waals surface area contributed by atoms with E-state index in [-0.39, 0.29) is 0 Å². The minimum absolute atomic E-state index is 0.632. The SMILES string of the molecule is CN=C(/C=C(\N)C(=O)O)C(F)F. The number of allylic oxidation sites excluding steroid dienone is 1. The number of carboxylic acids is 1. The maximum Gasteiger partial charge on any atom is 0.351 e. The summed E-state index contributed by atoms with van der Waals surface area (Å²) in [6.07, 6.45) is -2.18. The van der Waals surface area contributed by atoms with Crippen molar-refractivity contribution in [2.24, 2.45) is 10.7 Å². The molecule has 0 spiro atoms. The van der Waals surface area contributed by atoms with Gasteiger partial charge in [0.1, 0.15) is 11.4 Å². The van der Waals surface area contributed by atoms with Crippen molar-refractivity contribution in [2.75, 3.05) is 7.05 Å². The number of alkyl halides is 2. The Morgan fingerprint density at radius 1 is 1.67 bits per heavy atom. The highest BCUT2D eigenvalue weighted by molar-refractivity contribution is 6.02. The quantitative estimate of drug-likeness (QED) is 0.480. The van der Waals surface area contributed by atoms with E-state index in [2.05, 4.69) is 4.99 Å². The summed E-state index contributed by atoms with van der Waals surface area (Å²) >= 11 is 0. The highest BCUT2D eigenvalue weighted by Gasteiger charge is 2.11. The first-order valence-corrected chi connectivity index (χ1v) is 2.94. The van der Waals surface area contributed by atoms with Gasteiger partial charge in [-0.1, -0.05) is 0 Å². The van der Waals surface area contributed by atoms with Crippen molar-refractivity contribution in [1.82, 2.24) is 0 Å². The van der Waals surface area contributed by atoms with Crippen molar-refractivity contribution in [3.63, 3.8) is 0 Å². The van der Waals surface area contributed by atoms with E-state index in [9.17, 15) is 13.6 Å². The monoisotopic (exact) mass is 178 g/mol. The zero-order valence-electron chi connectivity index (χ0n) is 6.29. The molecule has 0 aliphatic heterocycles. The molecule has 0 amide bonds. The van der Waals surface area contributed by atoms with Crippen molar-refractivity contribution in [1.29, 1.82) is 0 Å². The summed E-state index contributed by atoms with van der Waals surface area (Å²) in [5.74, 6) is -1.45. The Kier molecular flexibility index (Phi) is 3.89. The standard InChI is InChI=1S/C6H8F2N2O2/c1-10-4(5(7)8)2-3(9)6(11)12/h2,5H,9H2,1H3,(H,11,12)/b3-2-,10-4?. The van der Waals surface area contributed by atoms with Crippen LogP contribution in [0.15, 0.2) is 16.8 Å². The number of carbonyl (C=O) groups is 1. The Balaban J connectivity index is 4.60. The number of carboxylic acid groups (broad SMARTS) is 1. The Morgan fingerprint density at radius 3 is 2.42 bits per heavy atom. The number of hydrogen-bond acceptors (Lipinski definition) is 3. The first-order valence-electron chi connectivity index (χ1n) is 2.94. The molecule has 0 fully saturated rings. The maximum absolute atomic E-state index is 11.9. The molecule has 0 saturated heterocycles. The molecular formula is C6H8F2N2O2. The third-order valence-corrected chi connectivity index (χ3v) is 1.03. The number of nitrogens with zero attached hydrogens (tertiary/aromatic N) is 1. The van der Waals surface area contributed by atoms with Crippen LogP contribution in [0.3, 0.4) is 0 Å². The number of hydrogen-bond donors (Lipinski definition) is 2. The predicted octanol–water partition coefficient (Wildman–Crippen LogP) is 0.250. The van der Waals surface area contributed by atoms with Crippen LogP contribution in [0.25, 0.3) is 0 Å². The van der Waals surface area contributed by atoms with E-state index in [1.54, 1.807) is 0 Å². The molecule has 0 rings (SSSR count). The van der Waals surface area contributed by atoms with Gasteiger partial charge in [0.25, 0.3) is 6.43 Å². The molecule has 4 nitrogen and oxygen atoms in total. The molecule has 0 aromatic rings. The average Bonchev–Trinajstić information content (AvgIpc) is 1.98. The Bertz CT molecular complexity index is 236. The maximum atomic E-state index is 11.9. The number of aliphatic carboxylic acids is 1. The molecule has 0 atom stereocenters. The summed E-state index contributed by atoms with van der Waals surface area (Å²) in [6, 6.07) is 0. The van der Waals surface area contributed by atoms with Crippen LogP contribution in [0.4, 0.5) is 8.78 Å². The molecule has 68 valence electrons. The van der Waals surface area contributed by atoms with Crippen LogP contribution in [-0.4, -0.2) is 30.3 Å². The summed E-state index contributed by atoms with van der Waals surface area (Å²) in [4.78, 5) is 13.2. The van der Waals surface area contributed by atoms with Gasteiger partial charge in [0.2, 0.25) is 0 Å². The summed E-state index contributed by atoms with van der Waals surface area (Å²) < 4.78 is 23.8. The predicted molar refractivity (Wildman–Crippen MR) is 39.3 cm³/mol. The summed E-state index contributed by atoms with van der Waals surface area (Å²) in [7, 11) is 1.13. The smallest absolute Gasteiger partial charge is 0.351 e. The van der Waals surface area contributed by atoms with Crippen molar-refractivity contribution in [3.05, 3.63) is 11.8 Å². The van der Waals surface area contributed by atoms with Crippen molar-refractivity contribution >= 4 is 11.7 Å². The minimum Gasteiger partial charge on any atom is -0.477 e. The molecule has 0 aliphatic carbocycles. The van der Waals surface area contributed by atoms with Gasteiger partial charge < -0.3 is 10.8 Å². The lowest BCUT2D eigenvalue weighted by atomic mass is 10.3. The summed E-state index contributed by atoms with van der Waals surface area (Å²) in [6.45, 7) is 0. The van der Waals surface area contributed by atoms with Gasteiger partial charge in [0.05, 0.1) is 0 Å². The van der Waals surface area contributed by atoms with E-state index in [1.807, 2.05) is 0 Å². The third-order valence-electron chi connectivity index (χ3n) is 1.03. The lowest BCUT2D eigenvalue weighted by Gasteiger charge is -1.98. The molecule has 0 aromatic carbocycles. The molecular weight excluding hydrogens is 170 g/mol. The molecule has 0 radical (unpaired) electrons. The van der Waals surface area contributed by atoms with Crippen LogP contribution in [0.1, 0.15) is 0 Å². The Hall–Kier alpha value is -1.46. The second kappa shape index (κ2) is 4.42. The largest absolute Gasteiger partial charge is 0.477 e. The van der Waals surface area contributed by atoms with Crippen molar-refractivity contribution in [2.45, 2.75) is 6.43 Å². The number of nitrogens with two attached hydrogens (primary N) is 1. The van der Waals surface area contributed by atoms with Crippen molar-refractivity contribution in [3.8, 4) is 0 Å². The van der Waals surface area contributed by atoms with Gasteiger partial charge in [-0.25, -0.2) is 13.6 Å². The van der Waals surface area contributed by atoms with Gasteiger partial charge in [-0.2, -0.15) is 0 Å². The lowest BCUT2D eigenvalue weighted by Crippen LogP contribution is -2.15. The lowest BCUT2D eigenvalue weighted by molar-refractivity contribution is -0.132. The molecule has 0 unspecified atom stereocenters. The summed E-state index contributed by atoms with van der Waals surface area (Å²) in [5.41, 5.74) is 3.58. The van der Waals surface area contributed by atoms with E-state index in [0.29, 0.717) is 6.08 Å².